The summed E-state index contributed by atoms with van der Waals surface area (Å²) in [5.74, 6) is 0. The molecule has 2 aromatic rings. The van der Waals surface area contributed by atoms with Crippen molar-refractivity contribution in [3.63, 3.8) is 0 Å². The molecule has 0 unspecified atom stereocenters. The number of benzene rings is 1. The minimum atomic E-state index is -0.479. The highest BCUT2D eigenvalue weighted by Gasteiger charge is 2.10. The number of carbonyl (C=O) groups is 1. The zero-order chi connectivity index (χ0) is 12.3. The van der Waals surface area contributed by atoms with Gasteiger partial charge < -0.3 is 0 Å². The van der Waals surface area contributed by atoms with E-state index in [9.17, 15) is 14.9 Å². The van der Waals surface area contributed by atoms with Crippen molar-refractivity contribution in [1.29, 1.82) is 0 Å². The number of nitrogens with zero attached hydrogens (tertiary/aromatic N) is 2. The van der Waals surface area contributed by atoms with Gasteiger partial charge in [-0.05, 0) is 12.1 Å². The van der Waals surface area contributed by atoms with E-state index < -0.39 is 4.92 Å². The molecule has 0 amide bonds. The van der Waals surface area contributed by atoms with Crippen LogP contribution < -0.4 is 0 Å². The van der Waals surface area contributed by atoms with Crippen molar-refractivity contribution in [2.24, 2.45) is 0 Å². The Hall–Kier alpha value is -2.56. The number of aldehydes is 1. The van der Waals surface area contributed by atoms with Gasteiger partial charge >= 0.3 is 0 Å². The van der Waals surface area contributed by atoms with Crippen LogP contribution in [0, 0.1) is 10.1 Å². The molecule has 0 spiro atoms. The minimum absolute atomic E-state index is 0.0231. The summed E-state index contributed by atoms with van der Waals surface area (Å²) in [6.45, 7) is 0. The summed E-state index contributed by atoms with van der Waals surface area (Å²) < 4.78 is 0. The van der Waals surface area contributed by atoms with Gasteiger partial charge in [0, 0.05) is 29.5 Å². The SMILES string of the molecule is O=Cc1cccnc1-c1cccc([N+](=O)[O-])c1. The Labute approximate surface area is 96.9 Å². The fourth-order valence-electron chi connectivity index (χ4n) is 1.52. The Morgan fingerprint density at radius 1 is 1.24 bits per heavy atom. The topological polar surface area (TPSA) is 73.1 Å². The molecule has 1 heterocycles. The average molecular weight is 228 g/mol. The fraction of sp³-hybridized carbons (Fsp3) is 0. The molecule has 2 rings (SSSR count). The lowest BCUT2D eigenvalue weighted by molar-refractivity contribution is -0.384. The van der Waals surface area contributed by atoms with Gasteiger partial charge in [-0.25, -0.2) is 0 Å². The summed E-state index contributed by atoms with van der Waals surface area (Å²) in [6.07, 6.45) is 2.22. The summed E-state index contributed by atoms with van der Waals surface area (Å²) >= 11 is 0. The lowest BCUT2D eigenvalue weighted by atomic mass is 10.1. The van der Waals surface area contributed by atoms with Crippen LogP contribution in [0.2, 0.25) is 0 Å². The molecular weight excluding hydrogens is 220 g/mol. The van der Waals surface area contributed by atoms with Crippen LogP contribution >= 0.6 is 0 Å². The van der Waals surface area contributed by atoms with E-state index in [4.69, 9.17) is 0 Å². The summed E-state index contributed by atoms with van der Waals surface area (Å²) in [7, 11) is 0. The van der Waals surface area contributed by atoms with E-state index in [1.165, 1.54) is 12.1 Å². The van der Waals surface area contributed by atoms with Gasteiger partial charge in [-0.2, -0.15) is 0 Å². The molecule has 1 aromatic carbocycles. The molecule has 84 valence electrons. The van der Waals surface area contributed by atoms with E-state index in [1.54, 1.807) is 30.5 Å². The molecule has 0 N–H and O–H groups in total. The van der Waals surface area contributed by atoms with Crippen LogP contribution in [0.25, 0.3) is 11.3 Å². The van der Waals surface area contributed by atoms with Gasteiger partial charge in [0.2, 0.25) is 0 Å². The van der Waals surface area contributed by atoms with Crippen molar-refractivity contribution >= 4 is 12.0 Å². The van der Waals surface area contributed by atoms with Crippen LogP contribution in [0.5, 0.6) is 0 Å². The third kappa shape index (κ3) is 2.17. The number of nitro benzene ring substituents is 1. The number of carbonyl (C=O) groups excluding carboxylic acids is 1. The highest BCUT2D eigenvalue weighted by Crippen LogP contribution is 2.23. The Bertz CT molecular complexity index is 581. The predicted molar refractivity (Wildman–Crippen MR) is 61.7 cm³/mol. The van der Waals surface area contributed by atoms with E-state index in [0.29, 0.717) is 23.1 Å². The van der Waals surface area contributed by atoms with Gasteiger partial charge in [-0.15, -0.1) is 0 Å². The lowest BCUT2D eigenvalue weighted by Crippen LogP contribution is -1.93. The van der Waals surface area contributed by atoms with E-state index in [-0.39, 0.29) is 5.69 Å². The first-order valence-electron chi connectivity index (χ1n) is 4.87. The first-order valence-corrected chi connectivity index (χ1v) is 4.87. The molecule has 0 aliphatic carbocycles. The maximum absolute atomic E-state index is 10.8. The zero-order valence-corrected chi connectivity index (χ0v) is 8.74. The Balaban J connectivity index is 2.56. The van der Waals surface area contributed by atoms with Gasteiger partial charge in [0.15, 0.2) is 6.29 Å². The van der Waals surface area contributed by atoms with Crippen molar-refractivity contribution < 1.29 is 9.72 Å². The van der Waals surface area contributed by atoms with Crippen LogP contribution in [-0.4, -0.2) is 16.2 Å². The van der Waals surface area contributed by atoms with Gasteiger partial charge in [-0.1, -0.05) is 12.1 Å². The minimum Gasteiger partial charge on any atom is -0.298 e. The molecule has 0 radical (unpaired) electrons. The number of rotatable bonds is 3. The third-order valence-electron chi connectivity index (χ3n) is 2.30. The smallest absolute Gasteiger partial charge is 0.270 e. The maximum atomic E-state index is 10.8. The highest BCUT2D eigenvalue weighted by atomic mass is 16.6. The Kier molecular flexibility index (Phi) is 2.91. The van der Waals surface area contributed by atoms with E-state index in [2.05, 4.69) is 4.98 Å². The number of non-ortho nitro benzene ring substituents is 1. The van der Waals surface area contributed by atoms with E-state index >= 15 is 0 Å². The van der Waals surface area contributed by atoms with Crippen LogP contribution in [-0.2, 0) is 0 Å². The lowest BCUT2D eigenvalue weighted by Gasteiger charge is -2.02. The summed E-state index contributed by atoms with van der Waals surface area (Å²) in [6, 6.07) is 9.31. The van der Waals surface area contributed by atoms with Crippen molar-refractivity contribution in [1.82, 2.24) is 4.98 Å². The molecule has 1 aromatic heterocycles. The average Bonchev–Trinajstić information content (AvgIpc) is 2.39. The maximum Gasteiger partial charge on any atom is 0.270 e. The Morgan fingerprint density at radius 2 is 2.06 bits per heavy atom. The van der Waals surface area contributed by atoms with Gasteiger partial charge in [0.05, 0.1) is 10.6 Å². The predicted octanol–water partition coefficient (Wildman–Crippen LogP) is 2.47. The fourth-order valence-corrected chi connectivity index (χ4v) is 1.52. The zero-order valence-electron chi connectivity index (χ0n) is 8.74. The first kappa shape index (κ1) is 10.9. The summed E-state index contributed by atoms with van der Waals surface area (Å²) in [5.41, 5.74) is 1.39. The molecule has 0 atom stereocenters. The number of hydrogen-bond acceptors (Lipinski definition) is 4. The first-order chi connectivity index (χ1) is 8.22. The number of pyridine rings is 1. The van der Waals surface area contributed by atoms with Gasteiger partial charge in [-0.3, -0.25) is 19.9 Å². The second-order valence-corrected chi connectivity index (χ2v) is 3.37. The van der Waals surface area contributed by atoms with Crippen LogP contribution in [0.3, 0.4) is 0 Å². The largest absolute Gasteiger partial charge is 0.298 e. The molecule has 0 saturated carbocycles. The van der Waals surface area contributed by atoms with E-state index in [0.717, 1.165) is 0 Å². The molecular formula is C12H8N2O3. The summed E-state index contributed by atoms with van der Waals surface area (Å²) in [5, 5.41) is 10.7. The monoisotopic (exact) mass is 228 g/mol. The number of hydrogen-bond donors (Lipinski definition) is 0. The molecule has 0 fully saturated rings. The van der Waals surface area contributed by atoms with E-state index in [1.807, 2.05) is 0 Å². The molecule has 17 heavy (non-hydrogen) atoms. The van der Waals surface area contributed by atoms with Crippen LogP contribution in [0.4, 0.5) is 5.69 Å². The normalized spacial score (nSPS) is 9.88. The van der Waals surface area contributed by atoms with Crippen molar-refractivity contribution in [2.75, 3.05) is 0 Å². The van der Waals surface area contributed by atoms with Crippen LogP contribution in [0.15, 0.2) is 42.6 Å². The second-order valence-electron chi connectivity index (χ2n) is 3.37. The van der Waals surface area contributed by atoms with Crippen molar-refractivity contribution in [3.8, 4) is 11.3 Å². The van der Waals surface area contributed by atoms with Gasteiger partial charge in [0.25, 0.3) is 5.69 Å². The second kappa shape index (κ2) is 4.52. The summed E-state index contributed by atoms with van der Waals surface area (Å²) in [4.78, 5) is 25.1. The molecule has 0 bridgehead atoms. The molecule has 5 heteroatoms. The van der Waals surface area contributed by atoms with Gasteiger partial charge in [0.1, 0.15) is 0 Å². The molecule has 0 saturated heterocycles. The number of nitro groups is 1. The van der Waals surface area contributed by atoms with Crippen molar-refractivity contribution in [2.45, 2.75) is 0 Å². The Morgan fingerprint density at radius 3 is 2.76 bits per heavy atom. The third-order valence-corrected chi connectivity index (χ3v) is 2.30. The van der Waals surface area contributed by atoms with Crippen LogP contribution in [0.1, 0.15) is 10.4 Å². The standard InChI is InChI=1S/C12H8N2O3/c15-8-10-4-2-6-13-12(10)9-3-1-5-11(7-9)14(16)17/h1-8H. The molecule has 0 aliphatic rings. The number of aromatic nitrogens is 1. The molecule has 0 aliphatic heterocycles. The quantitative estimate of drug-likeness (QED) is 0.459. The highest BCUT2D eigenvalue weighted by molar-refractivity contribution is 5.85. The molecule has 5 nitrogen and oxygen atoms in total. The van der Waals surface area contributed by atoms with Crippen molar-refractivity contribution in [3.05, 3.63) is 58.3 Å².